The van der Waals surface area contributed by atoms with E-state index in [1.165, 1.54) is 24.3 Å². The molecule has 182 valence electrons. The van der Waals surface area contributed by atoms with E-state index >= 15 is 0 Å². The number of nitrogens with zero attached hydrogens (tertiary/aromatic N) is 1. The van der Waals surface area contributed by atoms with Gasteiger partial charge in [-0.25, -0.2) is 4.79 Å². The van der Waals surface area contributed by atoms with Crippen molar-refractivity contribution in [1.29, 1.82) is 0 Å². The van der Waals surface area contributed by atoms with Gasteiger partial charge in [0.2, 0.25) is 5.71 Å². The van der Waals surface area contributed by atoms with E-state index in [2.05, 4.69) is 15.7 Å². The molecule has 0 spiro atoms. The van der Waals surface area contributed by atoms with Crippen LogP contribution in [0, 0.1) is 4.91 Å². The largest absolute Gasteiger partial charge is 0.870 e. The number of carboxylic acids is 1. The van der Waals surface area contributed by atoms with E-state index in [1.54, 1.807) is 30.5 Å². The maximum Gasteiger partial charge on any atom is 0.338 e. The minimum atomic E-state index is -1.34. The second kappa shape index (κ2) is 11.7. The molecule has 0 unspecified atom stereocenters. The zero-order chi connectivity index (χ0) is 25.0. The van der Waals surface area contributed by atoms with Crippen molar-refractivity contribution in [2.45, 2.75) is 13.8 Å². The van der Waals surface area contributed by atoms with Crippen LogP contribution in [0.4, 0.5) is 5.69 Å². The fourth-order valence-electron chi connectivity index (χ4n) is 2.91. The number of carboxylic acid groups (broad SMARTS) is 1. The number of thiophene rings is 1. The Morgan fingerprint density at radius 1 is 1.06 bits per heavy atom. The molecule has 0 fully saturated rings. The van der Waals surface area contributed by atoms with Gasteiger partial charge in [-0.1, -0.05) is 29.3 Å². The third kappa shape index (κ3) is 6.28. The Kier molecular flexibility index (Phi) is 9.20. The minimum absolute atomic E-state index is 0. The van der Waals surface area contributed by atoms with E-state index in [-0.39, 0.29) is 28.0 Å². The summed E-state index contributed by atoms with van der Waals surface area (Å²) in [5, 5.41) is 16.9. The number of amides is 1. The Morgan fingerprint density at radius 2 is 1.77 bits per heavy atom. The predicted molar refractivity (Wildman–Crippen MR) is 130 cm³/mol. The normalized spacial score (nSPS) is 10.8. The molecule has 13 heteroatoms. The number of halogens is 2. The summed E-state index contributed by atoms with van der Waals surface area (Å²) in [5.74, 6) is -2.24. The van der Waals surface area contributed by atoms with Crippen molar-refractivity contribution in [3.63, 3.8) is 0 Å². The molecule has 0 radical (unpaired) electrons. The fraction of sp³-hybridized carbons (Fsp3) is 0.0909. The molecule has 1 amide bonds. The highest BCUT2D eigenvalue weighted by atomic mass is 35.5. The third-order valence-corrected chi connectivity index (χ3v) is 6.28. The highest BCUT2D eigenvalue weighted by Gasteiger charge is 2.23. The van der Waals surface area contributed by atoms with Crippen molar-refractivity contribution in [1.82, 2.24) is 5.43 Å². The Morgan fingerprint density at radius 3 is 2.37 bits per heavy atom. The number of ether oxygens (including phenoxy) is 1. The van der Waals surface area contributed by atoms with Gasteiger partial charge < -0.3 is 15.3 Å². The van der Waals surface area contributed by atoms with Crippen molar-refractivity contribution in [3.8, 4) is 16.2 Å². The maximum absolute atomic E-state index is 12.5. The zero-order valence-electron chi connectivity index (χ0n) is 18.1. The van der Waals surface area contributed by atoms with Crippen molar-refractivity contribution in [2.75, 3.05) is 0 Å². The number of hydrogen-bond donors (Lipinski definition) is 3. The number of nitrogens with one attached hydrogen (secondary N) is 2. The van der Waals surface area contributed by atoms with Gasteiger partial charge in [0.25, 0.3) is 0 Å². The number of benzene rings is 2. The molecular weight excluding hydrogens is 521 g/mol. The molecule has 0 aliphatic heterocycles. The molecule has 3 aromatic rings. The standard InChI is InChI=1S/C22H15Cl2N3O6S.H2O/c1-10(25-26-21(29)13-3-5-14(22(30)31)18(8-13)27-32)15-9-34-20(19(15)33-11(2)28)12-4-6-16(23)17(24)7-12;/h3-9H,1-2H3,(H,26,29)(H,30,31);1H2/b25-10+;. The van der Waals surface area contributed by atoms with Crippen LogP contribution >= 0.6 is 34.5 Å². The first-order valence-electron chi connectivity index (χ1n) is 9.48. The lowest BCUT2D eigenvalue weighted by Gasteiger charge is -2.07. The zero-order valence-corrected chi connectivity index (χ0v) is 20.4. The number of hydrazone groups is 1. The quantitative estimate of drug-likeness (QED) is 0.178. The van der Waals surface area contributed by atoms with Gasteiger partial charge in [0.05, 0.1) is 26.0 Å². The average molecular weight is 538 g/mol. The lowest BCUT2D eigenvalue weighted by atomic mass is 10.1. The summed E-state index contributed by atoms with van der Waals surface area (Å²) >= 11 is 13.4. The molecule has 4 N–H and O–H groups in total. The highest BCUT2D eigenvalue weighted by Crippen LogP contribution is 2.41. The maximum atomic E-state index is 12.5. The molecule has 35 heavy (non-hydrogen) atoms. The van der Waals surface area contributed by atoms with Crippen LogP contribution in [-0.2, 0) is 4.79 Å². The van der Waals surface area contributed by atoms with Crippen molar-refractivity contribution >= 4 is 63.8 Å². The van der Waals surface area contributed by atoms with Gasteiger partial charge in [-0.3, -0.25) is 9.59 Å². The average Bonchev–Trinajstić information content (AvgIpc) is 3.21. The lowest BCUT2D eigenvalue weighted by molar-refractivity contribution is -0.508. The van der Waals surface area contributed by atoms with Crippen LogP contribution < -0.4 is 15.3 Å². The second-order valence-electron chi connectivity index (χ2n) is 6.86. The SMILES string of the molecule is CC(=O)Oc1c(/C(C)=[NH+]/NC(=O)c2ccc(C(=O)O)c(N=O)c2)csc1-c1ccc(Cl)c(Cl)c1.[OH-]. The van der Waals surface area contributed by atoms with Crippen molar-refractivity contribution < 1.29 is 34.8 Å². The predicted octanol–water partition coefficient (Wildman–Crippen LogP) is 3.80. The molecule has 0 atom stereocenters. The molecule has 2 aromatic carbocycles. The molecule has 3 rings (SSSR count). The van der Waals surface area contributed by atoms with Crippen LogP contribution in [0.1, 0.15) is 40.1 Å². The second-order valence-corrected chi connectivity index (χ2v) is 8.56. The lowest BCUT2D eigenvalue weighted by Crippen LogP contribution is -2.84. The summed E-state index contributed by atoms with van der Waals surface area (Å²) in [5.41, 5.74) is 3.42. The van der Waals surface area contributed by atoms with E-state index < -0.39 is 17.8 Å². The number of aromatic carboxylic acids is 1. The molecule has 0 saturated carbocycles. The monoisotopic (exact) mass is 537 g/mol. The van der Waals surface area contributed by atoms with Crippen LogP contribution in [-0.4, -0.2) is 34.1 Å². The smallest absolute Gasteiger partial charge is 0.338 e. The number of carbonyl (C=O) groups excluding carboxylic acids is 2. The Hall–Kier alpha value is -3.64. The molecule has 0 aliphatic rings. The summed E-state index contributed by atoms with van der Waals surface area (Å²) in [7, 11) is 0. The molecule has 0 aliphatic carbocycles. The van der Waals surface area contributed by atoms with E-state index in [4.69, 9.17) is 33.0 Å². The van der Waals surface area contributed by atoms with E-state index in [0.29, 0.717) is 31.8 Å². The molecular formula is C22H17Cl2N3O7S. The van der Waals surface area contributed by atoms with Gasteiger partial charge >= 0.3 is 17.8 Å². The number of esters is 1. The van der Waals surface area contributed by atoms with E-state index in [1.807, 2.05) is 0 Å². The molecule has 0 saturated heterocycles. The van der Waals surface area contributed by atoms with Crippen LogP contribution in [0.5, 0.6) is 5.75 Å². The number of carbonyl (C=O) groups is 3. The Balaban J connectivity index is 0.00000432. The van der Waals surface area contributed by atoms with Crippen molar-refractivity contribution in [3.05, 3.63) is 73.4 Å². The fourth-order valence-corrected chi connectivity index (χ4v) is 4.25. The number of hydrogen-bond acceptors (Lipinski definition) is 8. The molecule has 1 heterocycles. The van der Waals surface area contributed by atoms with Gasteiger partial charge in [0.1, 0.15) is 5.69 Å². The topological polar surface area (TPSA) is 166 Å². The minimum Gasteiger partial charge on any atom is -0.870 e. The van der Waals surface area contributed by atoms with E-state index in [9.17, 15) is 19.3 Å². The van der Waals surface area contributed by atoms with Crippen molar-refractivity contribution in [2.24, 2.45) is 5.18 Å². The number of hydrazine groups is 1. The van der Waals surface area contributed by atoms with Crippen LogP contribution in [0.2, 0.25) is 10.0 Å². The summed E-state index contributed by atoms with van der Waals surface area (Å²) < 4.78 is 5.44. The first-order chi connectivity index (χ1) is 16.1. The van der Waals surface area contributed by atoms with Crippen LogP contribution in [0.25, 0.3) is 10.4 Å². The number of nitroso groups, excluding NO2 is 1. The molecule has 0 bridgehead atoms. The van der Waals surface area contributed by atoms with Gasteiger partial charge in [0.15, 0.2) is 5.75 Å². The number of rotatable bonds is 7. The Labute approximate surface area is 212 Å². The summed E-state index contributed by atoms with van der Waals surface area (Å²) in [6.45, 7) is 2.92. The van der Waals surface area contributed by atoms with Gasteiger partial charge in [-0.05, 0) is 41.1 Å². The molecule has 1 aromatic heterocycles. The first kappa shape index (κ1) is 27.6. The van der Waals surface area contributed by atoms with Gasteiger partial charge in [-0.15, -0.1) is 26.8 Å². The summed E-state index contributed by atoms with van der Waals surface area (Å²) in [6.07, 6.45) is 0. The third-order valence-electron chi connectivity index (χ3n) is 4.53. The van der Waals surface area contributed by atoms with Gasteiger partial charge in [-0.2, -0.15) is 0 Å². The van der Waals surface area contributed by atoms with Gasteiger partial charge in [0, 0.05) is 24.8 Å². The van der Waals surface area contributed by atoms with Crippen LogP contribution in [0.15, 0.2) is 47.0 Å². The highest BCUT2D eigenvalue weighted by molar-refractivity contribution is 7.14. The summed E-state index contributed by atoms with van der Waals surface area (Å²) in [6, 6.07) is 8.45. The first-order valence-corrected chi connectivity index (χ1v) is 11.1. The molecule has 10 nitrogen and oxygen atoms in total. The summed E-state index contributed by atoms with van der Waals surface area (Å²) in [4.78, 5) is 46.9. The van der Waals surface area contributed by atoms with E-state index in [0.717, 1.165) is 12.1 Å². The van der Waals surface area contributed by atoms with Crippen LogP contribution in [0.3, 0.4) is 0 Å². The Bertz CT molecular complexity index is 1350.